The van der Waals surface area contributed by atoms with Crippen molar-refractivity contribution in [1.82, 2.24) is 5.32 Å². The molecule has 1 amide bonds. The first-order valence-electron chi connectivity index (χ1n) is 7.31. The van der Waals surface area contributed by atoms with Gasteiger partial charge in [-0.1, -0.05) is 31.9 Å². The summed E-state index contributed by atoms with van der Waals surface area (Å²) in [5.41, 5.74) is 2.32. The molecule has 1 aromatic rings. The molecule has 0 aromatic heterocycles. The van der Waals surface area contributed by atoms with Gasteiger partial charge in [0.05, 0.1) is 13.0 Å². The fourth-order valence-electron chi connectivity index (χ4n) is 2.37. The third kappa shape index (κ3) is 4.27. The van der Waals surface area contributed by atoms with Gasteiger partial charge in [-0.2, -0.15) is 0 Å². The van der Waals surface area contributed by atoms with Crippen LogP contribution in [-0.2, 0) is 17.6 Å². The van der Waals surface area contributed by atoms with Gasteiger partial charge in [0.1, 0.15) is 5.75 Å². The smallest absolute Gasteiger partial charge is 0.224 e. The van der Waals surface area contributed by atoms with E-state index in [1.165, 1.54) is 18.4 Å². The Kier molecular flexibility index (Phi) is 5.25. The molecule has 0 radical (unpaired) electrons. The molecule has 1 aromatic carbocycles. The average Bonchev–Trinajstić information content (AvgIpc) is 2.43. The Labute approximate surface area is 115 Å². The Balaban J connectivity index is 1.83. The molecule has 1 heterocycles. The van der Waals surface area contributed by atoms with Crippen molar-refractivity contribution in [3.05, 3.63) is 29.3 Å². The summed E-state index contributed by atoms with van der Waals surface area (Å²) in [6, 6.07) is 6.10. The molecule has 1 aliphatic heterocycles. The molecular weight excluding hydrogens is 238 g/mol. The molecule has 1 N–H and O–H groups in total. The first-order chi connectivity index (χ1) is 9.29. The van der Waals surface area contributed by atoms with Crippen LogP contribution in [0.3, 0.4) is 0 Å². The highest BCUT2D eigenvalue weighted by atomic mass is 16.5. The Morgan fingerprint density at radius 3 is 3.11 bits per heavy atom. The highest BCUT2D eigenvalue weighted by Gasteiger charge is 2.11. The lowest BCUT2D eigenvalue weighted by molar-refractivity contribution is -0.120. The summed E-state index contributed by atoms with van der Waals surface area (Å²) in [6.07, 6.45) is 6.03. The standard InChI is InChI=1S/C16H23NO2/c1-2-3-4-9-17-16(18)12-13-7-8-15-14(11-13)6-5-10-19-15/h7-8,11H,2-6,9-10,12H2,1H3,(H,17,18). The Bertz CT molecular complexity index is 429. The van der Waals surface area contributed by atoms with Crippen LogP contribution in [0.25, 0.3) is 0 Å². The summed E-state index contributed by atoms with van der Waals surface area (Å²) in [5.74, 6) is 1.10. The maximum Gasteiger partial charge on any atom is 0.224 e. The van der Waals surface area contributed by atoms with Crippen molar-refractivity contribution in [2.45, 2.75) is 45.4 Å². The Hall–Kier alpha value is -1.51. The molecule has 1 aliphatic rings. The highest BCUT2D eigenvalue weighted by molar-refractivity contribution is 5.78. The van der Waals surface area contributed by atoms with E-state index in [-0.39, 0.29) is 5.91 Å². The predicted octanol–water partition coefficient (Wildman–Crippen LogP) is 2.86. The number of benzene rings is 1. The lowest BCUT2D eigenvalue weighted by Gasteiger charge is -2.17. The number of amides is 1. The van der Waals surface area contributed by atoms with Gasteiger partial charge in [-0.05, 0) is 36.5 Å². The number of carbonyl (C=O) groups excluding carboxylic acids is 1. The molecule has 0 saturated carbocycles. The fourth-order valence-corrected chi connectivity index (χ4v) is 2.37. The number of aryl methyl sites for hydroxylation is 1. The molecule has 0 atom stereocenters. The van der Waals surface area contributed by atoms with Crippen molar-refractivity contribution in [3.63, 3.8) is 0 Å². The highest BCUT2D eigenvalue weighted by Crippen LogP contribution is 2.25. The quantitative estimate of drug-likeness (QED) is 0.800. The molecular formula is C16H23NO2. The number of nitrogens with one attached hydrogen (secondary N) is 1. The zero-order valence-corrected chi connectivity index (χ0v) is 11.7. The maximum absolute atomic E-state index is 11.8. The van der Waals surface area contributed by atoms with Crippen LogP contribution in [0, 0.1) is 0 Å². The van der Waals surface area contributed by atoms with Crippen LogP contribution in [0.5, 0.6) is 5.75 Å². The van der Waals surface area contributed by atoms with Gasteiger partial charge in [-0.15, -0.1) is 0 Å². The molecule has 0 aliphatic carbocycles. The van der Waals surface area contributed by atoms with E-state index in [0.717, 1.165) is 43.7 Å². The molecule has 0 spiro atoms. The van der Waals surface area contributed by atoms with Crippen LogP contribution >= 0.6 is 0 Å². The van der Waals surface area contributed by atoms with Crippen LogP contribution < -0.4 is 10.1 Å². The third-order valence-electron chi connectivity index (χ3n) is 3.44. The minimum absolute atomic E-state index is 0.118. The summed E-state index contributed by atoms with van der Waals surface area (Å²) in [6.45, 7) is 3.77. The number of hydrogen-bond acceptors (Lipinski definition) is 2. The predicted molar refractivity (Wildman–Crippen MR) is 76.5 cm³/mol. The van der Waals surface area contributed by atoms with Gasteiger partial charge in [0.15, 0.2) is 0 Å². The van der Waals surface area contributed by atoms with E-state index in [1.807, 2.05) is 12.1 Å². The van der Waals surface area contributed by atoms with Gasteiger partial charge in [-0.25, -0.2) is 0 Å². The van der Waals surface area contributed by atoms with E-state index in [1.54, 1.807) is 0 Å². The second-order valence-corrected chi connectivity index (χ2v) is 5.13. The van der Waals surface area contributed by atoms with E-state index in [9.17, 15) is 4.79 Å². The lowest BCUT2D eigenvalue weighted by Crippen LogP contribution is -2.26. The maximum atomic E-state index is 11.8. The normalized spacial score (nSPS) is 13.5. The zero-order chi connectivity index (χ0) is 13.5. The zero-order valence-electron chi connectivity index (χ0n) is 11.7. The average molecular weight is 261 g/mol. The summed E-state index contributed by atoms with van der Waals surface area (Å²) < 4.78 is 5.57. The SMILES string of the molecule is CCCCCNC(=O)Cc1ccc2c(c1)CCCO2. The summed E-state index contributed by atoms with van der Waals surface area (Å²) in [5, 5.41) is 2.98. The number of fused-ring (bicyclic) bond motifs is 1. The van der Waals surface area contributed by atoms with Gasteiger partial charge in [-0.3, -0.25) is 4.79 Å². The Morgan fingerprint density at radius 2 is 2.26 bits per heavy atom. The van der Waals surface area contributed by atoms with E-state index in [2.05, 4.69) is 18.3 Å². The number of rotatable bonds is 6. The van der Waals surface area contributed by atoms with E-state index in [0.29, 0.717) is 6.42 Å². The first-order valence-corrected chi connectivity index (χ1v) is 7.31. The van der Waals surface area contributed by atoms with Gasteiger partial charge >= 0.3 is 0 Å². The van der Waals surface area contributed by atoms with Crippen molar-refractivity contribution in [2.75, 3.05) is 13.2 Å². The molecule has 0 unspecified atom stereocenters. The Morgan fingerprint density at radius 1 is 1.37 bits per heavy atom. The molecule has 104 valence electrons. The van der Waals surface area contributed by atoms with Gasteiger partial charge < -0.3 is 10.1 Å². The van der Waals surface area contributed by atoms with Crippen molar-refractivity contribution in [2.24, 2.45) is 0 Å². The largest absolute Gasteiger partial charge is 0.493 e. The van der Waals surface area contributed by atoms with Crippen molar-refractivity contribution >= 4 is 5.91 Å². The van der Waals surface area contributed by atoms with Crippen LogP contribution in [0.2, 0.25) is 0 Å². The van der Waals surface area contributed by atoms with Crippen LogP contribution in [0.4, 0.5) is 0 Å². The topological polar surface area (TPSA) is 38.3 Å². The number of unbranched alkanes of at least 4 members (excludes halogenated alkanes) is 2. The molecule has 3 heteroatoms. The molecule has 19 heavy (non-hydrogen) atoms. The molecule has 2 rings (SSSR count). The van der Waals surface area contributed by atoms with Crippen LogP contribution in [-0.4, -0.2) is 19.1 Å². The number of ether oxygens (including phenoxy) is 1. The number of carbonyl (C=O) groups is 1. The van der Waals surface area contributed by atoms with Crippen LogP contribution in [0.1, 0.15) is 43.7 Å². The van der Waals surface area contributed by atoms with Gasteiger partial charge in [0.25, 0.3) is 0 Å². The fraction of sp³-hybridized carbons (Fsp3) is 0.562. The van der Waals surface area contributed by atoms with Crippen LogP contribution in [0.15, 0.2) is 18.2 Å². The van der Waals surface area contributed by atoms with Gasteiger partial charge in [0.2, 0.25) is 5.91 Å². The summed E-state index contributed by atoms with van der Waals surface area (Å²) in [4.78, 5) is 11.8. The third-order valence-corrected chi connectivity index (χ3v) is 3.44. The molecule has 0 bridgehead atoms. The van der Waals surface area contributed by atoms with E-state index in [4.69, 9.17) is 4.74 Å². The van der Waals surface area contributed by atoms with Crippen molar-refractivity contribution in [3.8, 4) is 5.75 Å². The second-order valence-electron chi connectivity index (χ2n) is 5.13. The van der Waals surface area contributed by atoms with E-state index >= 15 is 0 Å². The second kappa shape index (κ2) is 7.17. The lowest BCUT2D eigenvalue weighted by atomic mass is 10.0. The van der Waals surface area contributed by atoms with Crippen molar-refractivity contribution in [1.29, 1.82) is 0 Å². The summed E-state index contributed by atoms with van der Waals surface area (Å²) in [7, 11) is 0. The summed E-state index contributed by atoms with van der Waals surface area (Å²) >= 11 is 0. The first kappa shape index (κ1) is 13.9. The minimum Gasteiger partial charge on any atom is -0.493 e. The monoisotopic (exact) mass is 261 g/mol. The minimum atomic E-state index is 0.118. The molecule has 0 saturated heterocycles. The van der Waals surface area contributed by atoms with Crippen molar-refractivity contribution < 1.29 is 9.53 Å². The molecule has 0 fully saturated rings. The van der Waals surface area contributed by atoms with E-state index < -0.39 is 0 Å². The van der Waals surface area contributed by atoms with Gasteiger partial charge in [0, 0.05) is 6.54 Å². The molecule has 3 nitrogen and oxygen atoms in total. The number of hydrogen-bond donors (Lipinski definition) is 1.